The molecular weight excluding hydrogens is 366 g/mol. The molecule has 0 fully saturated rings. The van der Waals surface area contributed by atoms with Gasteiger partial charge in [0.15, 0.2) is 6.61 Å². The Morgan fingerprint density at radius 3 is 2.46 bits per heavy atom. The van der Waals surface area contributed by atoms with E-state index < -0.39 is 20.5 Å². The predicted octanol–water partition coefficient (Wildman–Crippen LogP) is 5.83. The number of anilines is 1. The lowest BCUT2D eigenvalue weighted by atomic mass is 10.2. The van der Waals surface area contributed by atoms with Gasteiger partial charge in [0.2, 0.25) is 0 Å². The van der Waals surface area contributed by atoms with Crippen LogP contribution in [0.25, 0.3) is 0 Å². The normalized spacial score (nSPS) is 14.0. The summed E-state index contributed by atoms with van der Waals surface area (Å²) >= 11 is 5.86. The summed E-state index contributed by atoms with van der Waals surface area (Å²) in [6, 6.07) is 12.4. The monoisotopic (exact) mass is 379 g/mol. The van der Waals surface area contributed by atoms with Crippen LogP contribution in [0.4, 0.5) is 18.9 Å². The second-order valence-corrected chi connectivity index (χ2v) is 6.96. The van der Waals surface area contributed by atoms with Gasteiger partial charge >= 0.3 is 13.9 Å². The first-order chi connectivity index (χ1) is 11.2. The molecule has 24 heavy (non-hydrogen) atoms. The molecule has 1 atom stereocenters. The van der Waals surface area contributed by atoms with Crippen molar-refractivity contribution in [3.63, 3.8) is 0 Å². The van der Waals surface area contributed by atoms with Crippen LogP contribution in [0.2, 0.25) is 5.02 Å². The quantitative estimate of drug-likeness (QED) is 0.642. The number of nitrogens with one attached hydrogen (secondary N) is 1. The minimum Gasteiger partial charge on any atom is -0.409 e. The fourth-order valence-corrected chi connectivity index (χ4v) is 3.31. The third-order valence-electron chi connectivity index (χ3n) is 2.82. The topological polar surface area (TPSA) is 47.6 Å². The first-order valence-corrected chi connectivity index (χ1v) is 8.69. The number of rotatable bonds is 6. The van der Waals surface area contributed by atoms with E-state index in [1.165, 1.54) is 18.2 Å². The van der Waals surface area contributed by atoms with Gasteiger partial charge in [-0.3, -0.25) is 9.61 Å². The van der Waals surface area contributed by atoms with E-state index in [1.54, 1.807) is 37.3 Å². The molecule has 2 aromatic carbocycles. The standard InChI is InChI=1S/C15H14ClF3NO3P/c1-11-7-8-12(16)9-14(11)20-24(21,22-10-15(17,18)19)23-13-5-3-2-4-6-13/h2-9H,10H2,1H3,(H,20,21)/t24-/m1/s1. The summed E-state index contributed by atoms with van der Waals surface area (Å²) in [5.41, 5.74) is 0.871. The Labute approximate surface area is 142 Å². The van der Waals surface area contributed by atoms with E-state index in [2.05, 4.69) is 9.61 Å². The van der Waals surface area contributed by atoms with E-state index in [9.17, 15) is 17.7 Å². The van der Waals surface area contributed by atoms with Crippen molar-refractivity contribution >= 4 is 25.0 Å². The molecule has 9 heteroatoms. The first-order valence-electron chi connectivity index (χ1n) is 6.77. The number of halogens is 4. The second kappa shape index (κ2) is 7.47. The molecule has 0 saturated carbocycles. The largest absolute Gasteiger partial charge is 0.486 e. The molecule has 0 bridgehead atoms. The maximum Gasteiger partial charge on any atom is 0.486 e. The van der Waals surface area contributed by atoms with Crippen LogP contribution in [0, 0.1) is 6.92 Å². The van der Waals surface area contributed by atoms with Gasteiger partial charge in [-0.25, -0.2) is 4.57 Å². The summed E-state index contributed by atoms with van der Waals surface area (Å²) in [5, 5.41) is 2.74. The summed E-state index contributed by atoms with van der Waals surface area (Å²) in [4.78, 5) is 0. The molecule has 0 heterocycles. The zero-order chi connectivity index (χ0) is 17.8. The number of benzene rings is 2. The first kappa shape index (κ1) is 18.6. The molecule has 0 aliphatic rings. The third-order valence-corrected chi connectivity index (χ3v) is 4.49. The van der Waals surface area contributed by atoms with Crippen LogP contribution >= 0.6 is 19.3 Å². The molecule has 2 rings (SSSR count). The lowest BCUT2D eigenvalue weighted by Gasteiger charge is -2.22. The van der Waals surface area contributed by atoms with E-state index in [1.807, 2.05) is 0 Å². The molecule has 130 valence electrons. The summed E-state index contributed by atoms with van der Waals surface area (Å²) < 4.78 is 59.9. The van der Waals surface area contributed by atoms with Gasteiger partial charge in [-0.1, -0.05) is 35.9 Å². The number of alkyl halides is 3. The number of aryl methyl sites for hydroxylation is 1. The fraction of sp³-hybridized carbons (Fsp3) is 0.200. The summed E-state index contributed by atoms with van der Waals surface area (Å²) in [6.45, 7) is -0.0427. The number of hydrogen-bond acceptors (Lipinski definition) is 3. The van der Waals surface area contributed by atoms with Crippen molar-refractivity contribution in [2.75, 3.05) is 11.7 Å². The zero-order valence-corrected chi connectivity index (χ0v) is 14.2. The zero-order valence-electron chi connectivity index (χ0n) is 12.5. The molecule has 0 aromatic heterocycles. The van der Waals surface area contributed by atoms with E-state index >= 15 is 0 Å². The van der Waals surface area contributed by atoms with Gasteiger partial charge in [0.25, 0.3) is 0 Å². The smallest absolute Gasteiger partial charge is 0.409 e. The summed E-state index contributed by atoms with van der Waals surface area (Å²) in [5.74, 6) is 0.107. The van der Waals surface area contributed by atoms with Gasteiger partial charge in [-0.15, -0.1) is 0 Å². The molecular formula is C15H14ClF3NO3P. The summed E-state index contributed by atoms with van der Waals surface area (Å²) in [6.07, 6.45) is -4.65. The Bertz CT molecular complexity index is 740. The number of hydrogen-bond donors (Lipinski definition) is 1. The van der Waals surface area contributed by atoms with Crippen molar-refractivity contribution in [2.45, 2.75) is 13.1 Å². The fourth-order valence-electron chi connectivity index (χ4n) is 1.72. The minimum atomic E-state index is -4.65. The van der Waals surface area contributed by atoms with E-state index in [0.717, 1.165) is 0 Å². The average molecular weight is 380 g/mol. The molecule has 1 N–H and O–H groups in total. The molecule has 0 aliphatic carbocycles. The van der Waals surface area contributed by atoms with Crippen molar-refractivity contribution in [2.24, 2.45) is 0 Å². The van der Waals surface area contributed by atoms with Gasteiger partial charge in [0.1, 0.15) is 5.75 Å². The highest BCUT2D eigenvalue weighted by Gasteiger charge is 2.36. The van der Waals surface area contributed by atoms with Gasteiger partial charge in [-0.2, -0.15) is 13.2 Å². The molecule has 0 saturated heterocycles. The van der Waals surface area contributed by atoms with Gasteiger partial charge in [0.05, 0.1) is 0 Å². The predicted molar refractivity (Wildman–Crippen MR) is 86.5 cm³/mol. The van der Waals surface area contributed by atoms with E-state index in [4.69, 9.17) is 16.1 Å². The van der Waals surface area contributed by atoms with Gasteiger partial charge in [0, 0.05) is 10.7 Å². The Morgan fingerprint density at radius 1 is 1.17 bits per heavy atom. The maximum absolute atomic E-state index is 12.8. The maximum atomic E-state index is 12.8. The molecule has 0 aliphatic heterocycles. The van der Waals surface area contributed by atoms with Crippen LogP contribution in [0.3, 0.4) is 0 Å². The van der Waals surface area contributed by atoms with Crippen LogP contribution in [-0.2, 0) is 9.09 Å². The Kier molecular flexibility index (Phi) is 5.80. The van der Waals surface area contributed by atoms with Crippen molar-refractivity contribution in [3.05, 3.63) is 59.1 Å². The van der Waals surface area contributed by atoms with Crippen molar-refractivity contribution in [1.82, 2.24) is 0 Å². The molecule has 2 aromatic rings. The Balaban J connectivity index is 2.27. The third kappa shape index (κ3) is 5.74. The molecule has 0 spiro atoms. The SMILES string of the molecule is Cc1ccc(Cl)cc1N[P@@](=O)(OCC(F)(F)F)Oc1ccccc1. The minimum absolute atomic E-state index is 0.107. The van der Waals surface area contributed by atoms with Crippen LogP contribution in [-0.4, -0.2) is 12.8 Å². The lowest BCUT2D eigenvalue weighted by molar-refractivity contribution is -0.154. The summed E-state index contributed by atoms with van der Waals surface area (Å²) in [7, 11) is -4.34. The highest BCUT2D eigenvalue weighted by molar-refractivity contribution is 7.55. The second-order valence-electron chi connectivity index (χ2n) is 4.86. The average Bonchev–Trinajstić information content (AvgIpc) is 2.49. The van der Waals surface area contributed by atoms with Crippen molar-refractivity contribution in [1.29, 1.82) is 0 Å². The number of para-hydroxylation sites is 1. The van der Waals surface area contributed by atoms with E-state index in [-0.39, 0.29) is 11.4 Å². The Morgan fingerprint density at radius 2 is 1.83 bits per heavy atom. The van der Waals surface area contributed by atoms with E-state index in [0.29, 0.717) is 10.6 Å². The van der Waals surface area contributed by atoms with Crippen LogP contribution in [0.5, 0.6) is 5.75 Å². The highest BCUT2D eigenvalue weighted by Crippen LogP contribution is 2.49. The molecule has 0 radical (unpaired) electrons. The lowest BCUT2D eigenvalue weighted by Crippen LogP contribution is -2.19. The van der Waals surface area contributed by atoms with Crippen LogP contribution in [0.1, 0.15) is 5.56 Å². The van der Waals surface area contributed by atoms with Crippen LogP contribution < -0.4 is 9.61 Å². The molecule has 4 nitrogen and oxygen atoms in total. The molecule has 0 amide bonds. The molecule has 0 unspecified atom stereocenters. The highest BCUT2D eigenvalue weighted by atomic mass is 35.5. The van der Waals surface area contributed by atoms with Crippen molar-refractivity contribution in [3.8, 4) is 5.75 Å². The Hall–Kier alpha value is -1.69. The van der Waals surface area contributed by atoms with Gasteiger partial charge < -0.3 is 4.52 Å². The van der Waals surface area contributed by atoms with Crippen LogP contribution in [0.15, 0.2) is 48.5 Å². The van der Waals surface area contributed by atoms with Crippen molar-refractivity contribution < 1.29 is 26.8 Å². The van der Waals surface area contributed by atoms with Gasteiger partial charge in [-0.05, 0) is 36.8 Å².